The lowest BCUT2D eigenvalue weighted by molar-refractivity contribution is -0.155. The number of benzene rings is 2. The number of hydrazine groups is 1. The molecule has 4 heterocycles. The number of cyclic esters (lactones) is 1. The molecule has 1 saturated carbocycles. The number of aromatic nitrogens is 2. The molecule has 7 rings (SSSR count). The Morgan fingerprint density at radius 2 is 1.89 bits per heavy atom. The van der Waals surface area contributed by atoms with Crippen molar-refractivity contribution in [3.8, 4) is 28.1 Å². The molecule has 2 aromatic heterocycles. The maximum atomic E-state index is 14.6. The van der Waals surface area contributed by atoms with Gasteiger partial charge in [0.1, 0.15) is 23.9 Å². The highest BCUT2D eigenvalue weighted by atomic mass is 16.5. The minimum Gasteiger partial charge on any atom is -0.508 e. The summed E-state index contributed by atoms with van der Waals surface area (Å²) in [5.74, 6) is -2.22. The Morgan fingerprint density at radius 3 is 2.57 bits per heavy atom. The Morgan fingerprint density at radius 1 is 1.13 bits per heavy atom. The molecule has 61 heavy (non-hydrogen) atoms. The molecule has 1 saturated heterocycles. The average Bonchev–Trinajstić information content (AvgIpc) is 3.90. The molecule has 6 bridgehead atoms. The van der Waals surface area contributed by atoms with Gasteiger partial charge in [-0.25, -0.2) is 5.43 Å². The van der Waals surface area contributed by atoms with Gasteiger partial charge in [0.15, 0.2) is 0 Å². The van der Waals surface area contributed by atoms with Crippen LogP contribution in [0.15, 0.2) is 54.7 Å². The zero-order chi connectivity index (χ0) is 43.9. The molecule has 4 aromatic rings. The molecular formula is C47H61N7O7. The van der Waals surface area contributed by atoms with Gasteiger partial charge in [0.05, 0.1) is 30.0 Å². The molecule has 2 aliphatic heterocycles. The van der Waals surface area contributed by atoms with Gasteiger partial charge in [-0.2, -0.15) is 0 Å². The molecular weight excluding hydrogens is 775 g/mol. The van der Waals surface area contributed by atoms with Crippen LogP contribution in [0, 0.1) is 17.3 Å². The van der Waals surface area contributed by atoms with Crippen molar-refractivity contribution in [2.45, 2.75) is 110 Å². The number of carbonyl (C=O) groups is 4. The van der Waals surface area contributed by atoms with E-state index in [2.05, 4.69) is 54.3 Å². The van der Waals surface area contributed by atoms with Gasteiger partial charge in [-0.05, 0) is 104 Å². The fourth-order valence-electron chi connectivity index (χ4n) is 9.15. The summed E-state index contributed by atoms with van der Waals surface area (Å²) in [6, 6.07) is 12.5. The molecule has 14 heteroatoms. The maximum absolute atomic E-state index is 14.6. The fourth-order valence-corrected chi connectivity index (χ4v) is 9.15. The van der Waals surface area contributed by atoms with Crippen LogP contribution in [-0.4, -0.2) is 99.7 Å². The third-order valence-corrected chi connectivity index (χ3v) is 12.5. The van der Waals surface area contributed by atoms with Crippen molar-refractivity contribution >= 4 is 34.6 Å². The molecule has 5 N–H and O–H groups in total. The number of nitrogens with one attached hydrogen (secondary N) is 2. The quantitative estimate of drug-likeness (QED) is 0.162. The van der Waals surface area contributed by atoms with E-state index in [1.54, 1.807) is 32.5 Å². The predicted molar refractivity (Wildman–Crippen MR) is 233 cm³/mol. The van der Waals surface area contributed by atoms with Crippen LogP contribution in [-0.2, 0) is 48.0 Å². The number of nitrogens with two attached hydrogens (primary N) is 1. The van der Waals surface area contributed by atoms with E-state index >= 15 is 0 Å². The van der Waals surface area contributed by atoms with Crippen LogP contribution >= 0.6 is 0 Å². The first-order valence-corrected chi connectivity index (χ1v) is 21.5. The Hall–Kier alpha value is -5.31. The average molecular weight is 836 g/mol. The summed E-state index contributed by atoms with van der Waals surface area (Å²) in [7, 11) is 3.28. The number of carbonyl (C=O) groups excluding carboxylic acids is 4. The SMILES string of the molecule is CCn1c(-c2cccnc2[C@H](C)OC)c2c3cc(ccc31)-c1cc(O)cc(c1)C[C@H](NC(=O)[C@H](C(C)C)N(C)C(=O)[C@H]1C[C@H]1N)C(=O)N1CCC[C@H](N1)C(=O)OCC(C)(C)C2. The smallest absolute Gasteiger partial charge is 0.324 e. The normalized spacial score (nSPS) is 22.6. The van der Waals surface area contributed by atoms with Crippen molar-refractivity contribution in [1.29, 1.82) is 0 Å². The highest BCUT2D eigenvalue weighted by Crippen LogP contribution is 2.42. The number of pyridine rings is 1. The van der Waals surface area contributed by atoms with E-state index in [4.69, 9.17) is 20.2 Å². The van der Waals surface area contributed by atoms with Crippen molar-refractivity contribution in [1.82, 2.24) is 30.2 Å². The van der Waals surface area contributed by atoms with Crippen LogP contribution in [0.25, 0.3) is 33.3 Å². The topological polar surface area (TPSA) is 181 Å². The number of fused-ring (bicyclic) bond motifs is 6. The molecule has 0 unspecified atom stereocenters. The highest BCUT2D eigenvalue weighted by Gasteiger charge is 2.45. The second kappa shape index (κ2) is 17.6. The number of phenolic OH excluding ortho intramolecular Hbond substituents is 1. The third-order valence-electron chi connectivity index (χ3n) is 12.5. The van der Waals surface area contributed by atoms with E-state index in [0.717, 1.165) is 44.5 Å². The monoisotopic (exact) mass is 835 g/mol. The summed E-state index contributed by atoms with van der Waals surface area (Å²) in [5, 5.41) is 16.6. The van der Waals surface area contributed by atoms with E-state index in [0.29, 0.717) is 44.3 Å². The first kappa shape index (κ1) is 43.8. The van der Waals surface area contributed by atoms with Gasteiger partial charge in [0, 0.05) is 67.8 Å². The lowest BCUT2D eigenvalue weighted by atomic mass is 9.84. The maximum Gasteiger partial charge on any atom is 0.324 e. The van der Waals surface area contributed by atoms with Crippen LogP contribution in [0.1, 0.15) is 83.7 Å². The van der Waals surface area contributed by atoms with Crippen molar-refractivity contribution in [3.63, 3.8) is 0 Å². The highest BCUT2D eigenvalue weighted by molar-refractivity contribution is 5.96. The lowest BCUT2D eigenvalue weighted by Crippen LogP contribution is -2.62. The van der Waals surface area contributed by atoms with E-state index in [-0.39, 0.29) is 48.7 Å². The van der Waals surface area contributed by atoms with Crippen LogP contribution < -0.4 is 16.5 Å². The standard InChI is InChI=1S/C47H61N7O7/c1-9-53-39-15-14-29-22-33(39)35(42(53)32-12-10-16-49-40(32)27(4)60-8)24-47(5,6)25-61-46(59)37-13-11-17-54(51-37)45(58)38(20-28-18-30(29)21-31(55)19-28)50-43(56)41(26(2)3)52(7)44(57)34-23-36(34)48/h10,12,14-16,18-19,21-22,26-27,34,36-38,41,51,55H,9,11,13,17,20,23-25,48H2,1-8H3,(H,50,56)/t27-,34-,36+,37-,38-,41-/m0/s1. The number of amides is 3. The summed E-state index contributed by atoms with van der Waals surface area (Å²) in [4.78, 5) is 62.2. The second-order valence-electron chi connectivity index (χ2n) is 18.2. The molecule has 6 atom stereocenters. The lowest BCUT2D eigenvalue weighted by Gasteiger charge is -2.36. The van der Waals surface area contributed by atoms with Gasteiger partial charge in [-0.3, -0.25) is 29.2 Å². The zero-order valence-corrected chi connectivity index (χ0v) is 36.7. The summed E-state index contributed by atoms with van der Waals surface area (Å²) in [5.41, 5.74) is 15.7. The number of nitrogens with zero attached hydrogens (tertiary/aromatic N) is 4. The summed E-state index contributed by atoms with van der Waals surface area (Å²) in [6.07, 6.45) is 3.64. The van der Waals surface area contributed by atoms with E-state index in [1.807, 2.05) is 39.0 Å². The first-order chi connectivity index (χ1) is 29.0. The second-order valence-corrected chi connectivity index (χ2v) is 18.2. The number of rotatable bonds is 9. The van der Waals surface area contributed by atoms with Crippen molar-refractivity contribution in [2.75, 3.05) is 27.3 Å². The number of aromatic hydroxyl groups is 1. The van der Waals surface area contributed by atoms with Gasteiger partial charge < -0.3 is 35.1 Å². The summed E-state index contributed by atoms with van der Waals surface area (Å²) < 4.78 is 14.2. The van der Waals surface area contributed by atoms with Gasteiger partial charge in [-0.1, -0.05) is 39.8 Å². The third kappa shape index (κ3) is 9.03. The van der Waals surface area contributed by atoms with Crippen LogP contribution in [0.3, 0.4) is 0 Å². The predicted octanol–water partition coefficient (Wildman–Crippen LogP) is 5.28. The number of hydrogen-bond donors (Lipinski definition) is 4. The number of ether oxygens (including phenoxy) is 2. The minimum absolute atomic E-state index is 0.00585. The Bertz CT molecular complexity index is 2320. The van der Waals surface area contributed by atoms with Crippen molar-refractivity contribution in [2.24, 2.45) is 23.0 Å². The summed E-state index contributed by atoms with van der Waals surface area (Å²) in [6.45, 7) is 13.1. The Labute approximate surface area is 358 Å². The Balaban J connectivity index is 1.35. The molecule has 0 spiro atoms. The fraction of sp³-hybridized carbons (Fsp3) is 0.511. The van der Waals surface area contributed by atoms with Crippen LogP contribution in [0.4, 0.5) is 0 Å². The molecule has 326 valence electrons. The van der Waals surface area contributed by atoms with Gasteiger partial charge in [0.2, 0.25) is 11.8 Å². The molecule has 1 aliphatic carbocycles. The number of aryl methyl sites for hydroxylation is 1. The van der Waals surface area contributed by atoms with Crippen LogP contribution in [0.2, 0.25) is 0 Å². The van der Waals surface area contributed by atoms with E-state index in [1.165, 1.54) is 9.91 Å². The number of hydrogen-bond acceptors (Lipinski definition) is 10. The van der Waals surface area contributed by atoms with Crippen molar-refractivity contribution in [3.05, 3.63) is 71.5 Å². The number of likely N-dealkylation sites (N-methyl/N-ethyl adjacent to an activating group) is 1. The number of esters is 1. The number of methoxy groups -OCH3 is 1. The van der Waals surface area contributed by atoms with E-state index < -0.39 is 41.3 Å². The van der Waals surface area contributed by atoms with Gasteiger partial charge in [-0.15, -0.1) is 0 Å². The molecule has 2 aromatic carbocycles. The first-order valence-electron chi connectivity index (χ1n) is 21.5. The largest absolute Gasteiger partial charge is 0.508 e. The zero-order valence-electron chi connectivity index (χ0n) is 36.7. The van der Waals surface area contributed by atoms with E-state index in [9.17, 15) is 24.3 Å². The van der Waals surface area contributed by atoms with Gasteiger partial charge >= 0.3 is 5.97 Å². The molecule has 0 radical (unpaired) electrons. The Kier molecular flexibility index (Phi) is 12.6. The van der Waals surface area contributed by atoms with Crippen molar-refractivity contribution < 1.29 is 33.8 Å². The van der Waals surface area contributed by atoms with Gasteiger partial charge in [0.25, 0.3) is 5.91 Å². The number of phenols is 1. The molecule has 3 amide bonds. The molecule has 3 aliphatic rings. The van der Waals surface area contributed by atoms with Crippen LogP contribution in [0.5, 0.6) is 5.75 Å². The minimum atomic E-state index is -1.12. The summed E-state index contributed by atoms with van der Waals surface area (Å²) >= 11 is 0. The molecule has 14 nitrogen and oxygen atoms in total. The molecule has 2 fully saturated rings.